The number of hydrogen-bond donors (Lipinski definition) is 0. The first-order chi connectivity index (χ1) is 15.8. The second kappa shape index (κ2) is 7.70. The Morgan fingerprint density at radius 3 is 2.03 bits per heavy atom. The molecule has 0 aliphatic rings. The van der Waals surface area contributed by atoms with E-state index in [-0.39, 0.29) is 0 Å². The Hall–Kier alpha value is -3.82. The van der Waals surface area contributed by atoms with E-state index in [1.54, 1.807) is 0 Å². The molecule has 0 radical (unpaired) electrons. The van der Waals surface area contributed by atoms with E-state index in [9.17, 15) is 0 Å². The Balaban J connectivity index is 1.57. The first kappa shape index (κ1) is 18.9. The third-order valence-electron chi connectivity index (χ3n) is 5.81. The average molecular weight is 429 g/mol. The normalized spacial score (nSPS) is 11.3. The molecule has 0 aliphatic carbocycles. The first-order valence-electron chi connectivity index (χ1n) is 10.7. The lowest BCUT2D eigenvalue weighted by atomic mass is 9.96. The van der Waals surface area contributed by atoms with Crippen molar-refractivity contribution in [3.63, 3.8) is 0 Å². The maximum Gasteiger partial charge on any atom is 0.126 e. The highest BCUT2D eigenvalue weighted by atomic mass is 32.1. The molecule has 0 spiro atoms. The molecule has 0 bridgehead atoms. The van der Waals surface area contributed by atoms with Crippen molar-refractivity contribution in [1.29, 1.82) is 0 Å². The van der Waals surface area contributed by atoms with Crippen LogP contribution in [0.3, 0.4) is 0 Å². The van der Waals surface area contributed by atoms with Crippen LogP contribution in [0.5, 0.6) is 0 Å². The molecule has 4 aromatic carbocycles. The molecular weight excluding hydrogens is 408 g/mol. The lowest BCUT2D eigenvalue weighted by Gasteiger charge is -2.12. The van der Waals surface area contributed by atoms with Crippen LogP contribution in [0.1, 0.15) is 5.82 Å². The molecule has 6 rings (SSSR count). The summed E-state index contributed by atoms with van der Waals surface area (Å²) < 4.78 is 2.57. The fourth-order valence-corrected chi connectivity index (χ4v) is 5.59. The molecule has 0 saturated heterocycles. The highest BCUT2D eigenvalue weighted by Crippen LogP contribution is 2.40. The van der Waals surface area contributed by atoms with Gasteiger partial charge in [-0.25, -0.2) is 9.97 Å². The maximum absolute atomic E-state index is 4.85. The van der Waals surface area contributed by atoms with Gasteiger partial charge in [-0.1, -0.05) is 91.0 Å². The van der Waals surface area contributed by atoms with E-state index in [1.807, 2.05) is 24.3 Å². The molecule has 2 heterocycles. The van der Waals surface area contributed by atoms with E-state index in [0.717, 1.165) is 28.3 Å². The molecule has 0 atom stereocenters. The zero-order chi connectivity index (χ0) is 21.5. The Labute approximate surface area is 190 Å². The number of benzene rings is 4. The number of aromatic nitrogens is 2. The SMILES string of the molecule is Cc1nc(-c2ccccc2-c2ccccc2)cc(-c2cccc3c2sc2ccccc23)n1. The molecule has 0 saturated carbocycles. The summed E-state index contributed by atoms with van der Waals surface area (Å²) in [5, 5.41) is 2.58. The lowest BCUT2D eigenvalue weighted by molar-refractivity contribution is 1.06. The number of rotatable bonds is 3. The van der Waals surface area contributed by atoms with Gasteiger partial charge in [0.15, 0.2) is 0 Å². The Kier molecular flexibility index (Phi) is 4.55. The van der Waals surface area contributed by atoms with E-state index in [0.29, 0.717) is 0 Å². The first-order valence-corrected chi connectivity index (χ1v) is 11.5. The molecule has 152 valence electrons. The summed E-state index contributed by atoms with van der Waals surface area (Å²) in [6.45, 7) is 1.98. The molecule has 2 nitrogen and oxygen atoms in total. The molecular formula is C29H20N2S. The van der Waals surface area contributed by atoms with E-state index in [1.165, 1.54) is 31.3 Å². The molecule has 0 N–H and O–H groups in total. The van der Waals surface area contributed by atoms with E-state index in [2.05, 4.69) is 97.1 Å². The fourth-order valence-electron chi connectivity index (χ4n) is 4.37. The standard InChI is InChI=1S/C29H20N2S/c1-19-30-26(22-13-6-5-12-21(22)20-10-3-2-4-11-20)18-27(31-19)25-16-9-15-24-23-14-7-8-17-28(23)32-29(24)25/h2-18H,1H3. The largest absolute Gasteiger partial charge is 0.233 e. The minimum atomic E-state index is 0.776. The van der Waals surface area contributed by atoms with Crippen LogP contribution >= 0.6 is 11.3 Å². The van der Waals surface area contributed by atoms with Crippen LogP contribution in [-0.2, 0) is 0 Å². The van der Waals surface area contributed by atoms with Crippen molar-refractivity contribution in [3.8, 4) is 33.6 Å². The van der Waals surface area contributed by atoms with Crippen LogP contribution in [0.4, 0.5) is 0 Å². The second-order valence-electron chi connectivity index (χ2n) is 7.88. The van der Waals surface area contributed by atoms with Gasteiger partial charge in [-0.15, -0.1) is 11.3 Å². The van der Waals surface area contributed by atoms with Crippen molar-refractivity contribution >= 4 is 31.5 Å². The maximum atomic E-state index is 4.85. The number of thiophene rings is 1. The van der Waals surface area contributed by atoms with Gasteiger partial charge in [0.2, 0.25) is 0 Å². The van der Waals surface area contributed by atoms with Gasteiger partial charge in [0, 0.05) is 31.3 Å². The van der Waals surface area contributed by atoms with Gasteiger partial charge < -0.3 is 0 Å². The average Bonchev–Trinajstić information content (AvgIpc) is 3.23. The number of nitrogens with zero attached hydrogens (tertiary/aromatic N) is 2. The highest BCUT2D eigenvalue weighted by Gasteiger charge is 2.15. The smallest absolute Gasteiger partial charge is 0.126 e. The second-order valence-corrected chi connectivity index (χ2v) is 8.93. The van der Waals surface area contributed by atoms with Gasteiger partial charge in [0.25, 0.3) is 0 Å². The zero-order valence-corrected chi connectivity index (χ0v) is 18.4. The van der Waals surface area contributed by atoms with Crippen LogP contribution in [0.15, 0.2) is 103 Å². The molecule has 0 fully saturated rings. The van der Waals surface area contributed by atoms with Gasteiger partial charge in [0.05, 0.1) is 11.4 Å². The fraction of sp³-hybridized carbons (Fsp3) is 0.0345. The van der Waals surface area contributed by atoms with Crippen molar-refractivity contribution in [3.05, 3.63) is 109 Å². The third-order valence-corrected chi connectivity index (χ3v) is 7.03. The van der Waals surface area contributed by atoms with Crippen molar-refractivity contribution in [1.82, 2.24) is 9.97 Å². The highest BCUT2D eigenvalue weighted by molar-refractivity contribution is 7.26. The monoisotopic (exact) mass is 428 g/mol. The Morgan fingerprint density at radius 2 is 1.19 bits per heavy atom. The number of fused-ring (bicyclic) bond motifs is 3. The van der Waals surface area contributed by atoms with Crippen LogP contribution < -0.4 is 0 Å². The van der Waals surface area contributed by atoms with Crippen molar-refractivity contribution in [2.75, 3.05) is 0 Å². The van der Waals surface area contributed by atoms with Crippen LogP contribution in [0.25, 0.3) is 53.8 Å². The van der Waals surface area contributed by atoms with Gasteiger partial charge in [-0.05, 0) is 30.2 Å². The molecule has 6 aromatic rings. The predicted octanol–water partition coefficient (Wildman–Crippen LogP) is 8.15. The number of hydrogen-bond acceptors (Lipinski definition) is 3. The lowest BCUT2D eigenvalue weighted by Crippen LogP contribution is -1.96. The molecule has 32 heavy (non-hydrogen) atoms. The summed E-state index contributed by atoms with van der Waals surface area (Å²) >= 11 is 1.83. The van der Waals surface area contributed by atoms with Crippen LogP contribution in [0.2, 0.25) is 0 Å². The third kappa shape index (κ3) is 3.19. The summed E-state index contributed by atoms with van der Waals surface area (Å²) in [4.78, 5) is 9.68. The number of aryl methyl sites for hydroxylation is 1. The Bertz CT molecular complexity index is 1580. The zero-order valence-electron chi connectivity index (χ0n) is 17.6. The van der Waals surface area contributed by atoms with E-state index in [4.69, 9.17) is 9.97 Å². The van der Waals surface area contributed by atoms with Crippen molar-refractivity contribution in [2.24, 2.45) is 0 Å². The summed E-state index contributed by atoms with van der Waals surface area (Å²) in [5.41, 5.74) is 6.56. The van der Waals surface area contributed by atoms with Crippen molar-refractivity contribution in [2.45, 2.75) is 6.92 Å². The Morgan fingerprint density at radius 1 is 0.562 bits per heavy atom. The molecule has 0 unspecified atom stereocenters. The minimum absolute atomic E-state index is 0.776. The summed E-state index contributed by atoms with van der Waals surface area (Å²) in [6.07, 6.45) is 0. The van der Waals surface area contributed by atoms with Gasteiger partial charge in [-0.3, -0.25) is 0 Å². The molecule has 0 aliphatic heterocycles. The van der Waals surface area contributed by atoms with Gasteiger partial charge >= 0.3 is 0 Å². The van der Waals surface area contributed by atoms with E-state index < -0.39 is 0 Å². The molecule has 2 aromatic heterocycles. The van der Waals surface area contributed by atoms with Crippen molar-refractivity contribution < 1.29 is 0 Å². The van der Waals surface area contributed by atoms with Gasteiger partial charge in [-0.2, -0.15) is 0 Å². The molecule has 3 heteroatoms. The summed E-state index contributed by atoms with van der Waals surface area (Å²) in [5.74, 6) is 0.776. The van der Waals surface area contributed by atoms with Crippen LogP contribution in [-0.4, -0.2) is 9.97 Å². The van der Waals surface area contributed by atoms with Gasteiger partial charge in [0.1, 0.15) is 5.82 Å². The predicted molar refractivity (Wildman–Crippen MR) is 136 cm³/mol. The molecule has 0 amide bonds. The van der Waals surface area contributed by atoms with E-state index >= 15 is 0 Å². The topological polar surface area (TPSA) is 25.8 Å². The minimum Gasteiger partial charge on any atom is -0.233 e. The van der Waals surface area contributed by atoms with Crippen LogP contribution in [0, 0.1) is 6.92 Å². The quantitative estimate of drug-likeness (QED) is 0.284. The summed E-state index contributed by atoms with van der Waals surface area (Å²) in [6, 6.07) is 36.2. The summed E-state index contributed by atoms with van der Waals surface area (Å²) in [7, 11) is 0.